The van der Waals surface area contributed by atoms with Crippen LogP contribution < -0.4 is 47.9 Å². The van der Waals surface area contributed by atoms with Crippen LogP contribution in [0.15, 0.2) is 30.3 Å². The molecule has 110 heavy (non-hydrogen) atoms. The quantitative estimate of drug-likeness (QED) is 0.0213. The van der Waals surface area contributed by atoms with Crippen molar-refractivity contribution in [3.8, 4) is 0 Å². The zero-order valence-corrected chi connectivity index (χ0v) is 60.7. The summed E-state index contributed by atoms with van der Waals surface area (Å²) >= 11 is 0. The Bertz CT molecular complexity index is 2920. The van der Waals surface area contributed by atoms with Gasteiger partial charge in [0.25, 0.3) is 0 Å². The smallest absolute Gasteiger partial charge is 0.306 e. The van der Waals surface area contributed by atoms with E-state index in [2.05, 4.69) is 47.9 Å². The van der Waals surface area contributed by atoms with Crippen LogP contribution in [0.2, 0.25) is 0 Å². The third-order valence-electron chi connectivity index (χ3n) is 18.0. The second-order valence-electron chi connectivity index (χ2n) is 26.5. The lowest BCUT2D eigenvalue weighted by Gasteiger charge is -2.40. The van der Waals surface area contributed by atoms with Crippen LogP contribution in [-0.4, -0.2) is 375 Å². The van der Waals surface area contributed by atoms with Crippen molar-refractivity contribution in [1.82, 2.24) is 47.9 Å². The molecule has 4 aliphatic heterocycles. The number of hydrogen-bond acceptors (Lipinski definition) is 35. The van der Waals surface area contributed by atoms with Gasteiger partial charge in [0.05, 0.1) is 71.9 Å². The summed E-state index contributed by atoms with van der Waals surface area (Å²) < 4.78 is 48.9. The first-order valence-corrected chi connectivity index (χ1v) is 36.4. The first-order chi connectivity index (χ1) is 52.6. The summed E-state index contributed by atoms with van der Waals surface area (Å²) in [7, 11) is 0. The number of ether oxygens (including phenoxy) is 9. The topological polar surface area (TPSA) is 669 Å². The van der Waals surface area contributed by atoms with Crippen molar-refractivity contribution in [3.63, 3.8) is 0 Å². The second kappa shape index (κ2) is 50.5. The average molecular weight is 1590 g/mol. The number of nitrogens with one attached hydrogen (secondary N) is 9. The Morgan fingerprint density at radius 2 is 0.764 bits per heavy atom. The number of esters is 1. The Morgan fingerprint density at radius 1 is 0.382 bits per heavy atom. The van der Waals surface area contributed by atoms with Crippen LogP contribution in [0, 0.1) is 0 Å². The van der Waals surface area contributed by atoms with Gasteiger partial charge in [0.15, 0.2) is 25.2 Å². The molecule has 43 nitrogen and oxygen atoms in total. The predicted octanol–water partition coefficient (Wildman–Crippen LogP) is -12.3. The van der Waals surface area contributed by atoms with Gasteiger partial charge in [0.2, 0.25) is 47.3 Å². The molecule has 25 N–H and O–H groups in total. The fraction of sp³-hybridized carbons (Fsp3) is 0.776. The summed E-state index contributed by atoms with van der Waals surface area (Å²) in [6.45, 7) is -6.21. The van der Waals surface area contributed by atoms with Crippen molar-refractivity contribution in [1.29, 1.82) is 0 Å². The van der Waals surface area contributed by atoms with Gasteiger partial charge in [-0.3, -0.25) is 48.5 Å². The molecule has 0 unspecified atom stereocenters. The van der Waals surface area contributed by atoms with E-state index in [0.29, 0.717) is 38.6 Å². The first kappa shape index (κ1) is 94.0. The lowest BCUT2D eigenvalue weighted by atomic mass is 9.99. The third kappa shape index (κ3) is 32.1. The maximum absolute atomic E-state index is 14.1. The van der Waals surface area contributed by atoms with E-state index in [1.807, 2.05) is 30.3 Å². The van der Waals surface area contributed by atoms with Crippen molar-refractivity contribution in [2.75, 3.05) is 98.6 Å². The molecule has 4 heterocycles. The summed E-state index contributed by atoms with van der Waals surface area (Å²) in [6, 6.07) is 6.16. The number of hydrogen-bond donors (Lipinski definition) is 25. The highest BCUT2D eigenvalue weighted by Crippen LogP contribution is 2.27. The molecule has 4 fully saturated rings. The summed E-state index contributed by atoms with van der Waals surface area (Å²) in [6.07, 6.45) is -34.3. The molecule has 8 amide bonds. The van der Waals surface area contributed by atoms with Crippen molar-refractivity contribution < 1.29 is 167 Å². The van der Waals surface area contributed by atoms with Crippen LogP contribution in [0.3, 0.4) is 0 Å². The van der Waals surface area contributed by atoms with E-state index in [1.54, 1.807) is 0 Å². The first-order valence-electron chi connectivity index (χ1n) is 36.4. The minimum absolute atomic E-state index is 0.138. The number of aliphatic hydroxyl groups is 16. The molecule has 0 bridgehead atoms. The molecule has 43 heteroatoms. The van der Waals surface area contributed by atoms with Gasteiger partial charge in [0.1, 0.15) is 116 Å². The Balaban J connectivity index is 1.17. The van der Waals surface area contributed by atoms with Gasteiger partial charge in [0, 0.05) is 65.0 Å². The van der Waals surface area contributed by atoms with Crippen LogP contribution in [-0.2, 0) is 92.4 Å². The highest BCUT2D eigenvalue weighted by atomic mass is 16.7. The summed E-state index contributed by atoms with van der Waals surface area (Å²) in [4.78, 5) is 119. The van der Waals surface area contributed by atoms with E-state index in [1.165, 1.54) is 0 Å². The zero-order valence-electron chi connectivity index (χ0n) is 60.7. The summed E-state index contributed by atoms with van der Waals surface area (Å²) in [5.74, 6) is -6.37. The van der Waals surface area contributed by atoms with Crippen LogP contribution >= 0.6 is 0 Å². The van der Waals surface area contributed by atoms with Crippen LogP contribution in [0.1, 0.15) is 89.0 Å². The SMILES string of the molecule is O=C(CCCCCNC(=O)CNCC(=O)N[C@@H](CCC(=O)NC[C@H](CC(=O)N[C@@H](CCC(=O)NCCO[C@H]1O[C@H](CO)[C@@H](O)[C@H](O)[C@@H]1O)C(=O)NCCO[C@H]1O[C@H](CO)[C@@H](O)[C@H](O)[C@@H]1O)O[C@H]1O[C@H](CO)[C@@H](O)[C@H](O)[C@@H]1O)C(=O)NCCO[C@H]1O[C@H](CO)[C@@H](O)[C@H](O)[C@@H]1O)NCCCCCC(=O)OCc1ccccc1. The Hall–Kier alpha value is -6.55. The molecule has 4 saturated heterocycles. The highest BCUT2D eigenvalue weighted by molar-refractivity contribution is 5.90. The highest BCUT2D eigenvalue weighted by Gasteiger charge is 2.48. The molecule has 0 radical (unpaired) electrons. The summed E-state index contributed by atoms with van der Waals surface area (Å²) in [5, 5.41) is 186. The molecule has 0 saturated carbocycles. The van der Waals surface area contributed by atoms with Crippen LogP contribution in [0.5, 0.6) is 0 Å². The van der Waals surface area contributed by atoms with E-state index in [-0.39, 0.29) is 64.1 Å². The zero-order chi connectivity index (χ0) is 80.8. The van der Waals surface area contributed by atoms with Gasteiger partial charge < -0.3 is 167 Å². The number of rotatable bonds is 50. The van der Waals surface area contributed by atoms with Gasteiger partial charge in [-0.25, -0.2) is 0 Å². The number of benzene rings is 1. The minimum atomic E-state index is -2.07. The third-order valence-corrected chi connectivity index (χ3v) is 18.0. The standard InChI is InChI=1S/C67H111N9O34/c77-30-39-50(88)54(92)58(96)64(107-39)102-23-20-71-44(82)16-14-37(62(100)72-21-24-103-65-59(97)55(93)51(89)40(31-78)108-65)75-46(84)26-36(106-67-61(99)57(95)53(91)42(33-80)110-67)27-74-45(83)17-15-38(63(101)73-22-25-104-66-60(98)56(94)52(90)41(32-79)109-66)76-48(86)29-68-28-47(85)70-19-8-2-6-12-43(81)69-18-9-3-7-13-49(87)105-34-35-10-4-1-5-11-35/h1,4-5,10-11,36-42,50-61,64-68,77-80,88-99H,2-3,6-9,12-34H2,(H,69,81)(H,70,85)(H,71,82)(H,72,100)(H,73,101)(H,74,83)(H,75,84)(H,76,86)/t36-,37-,38-,39+,40+,41+,42+,50+,51+,52+,53+,54-,55-,56-,57-,58-,59-,60-,61-,64-,65-,66-,67-/m0/s1. The fourth-order valence-electron chi connectivity index (χ4n) is 11.5. The minimum Gasteiger partial charge on any atom is -0.461 e. The van der Waals surface area contributed by atoms with Crippen molar-refractivity contribution in [2.24, 2.45) is 0 Å². The van der Waals surface area contributed by atoms with E-state index < -0.39 is 274 Å². The number of aliphatic hydroxyl groups excluding tert-OH is 16. The Morgan fingerprint density at radius 3 is 1.23 bits per heavy atom. The molecule has 4 aliphatic rings. The van der Waals surface area contributed by atoms with E-state index in [9.17, 15) is 125 Å². The number of unbranched alkanes of at least 4 members (excludes halogenated alkanes) is 4. The molecular formula is C67H111N9O34. The molecule has 23 atom stereocenters. The van der Waals surface area contributed by atoms with Gasteiger partial charge in [-0.1, -0.05) is 43.2 Å². The number of amides is 8. The molecule has 5 rings (SSSR count). The maximum Gasteiger partial charge on any atom is 0.306 e. The number of carbonyl (C=O) groups excluding carboxylic acids is 9. The predicted molar refractivity (Wildman–Crippen MR) is 369 cm³/mol. The number of carbonyl (C=O) groups is 9. The van der Waals surface area contributed by atoms with Gasteiger partial charge in [-0.2, -0.15) is 0 Å². The molecular weight excluding hydrogens is 1470 g/mol. The van der Waals surface area contributed by atoms with E-state index in [4.69, 9.17) is 42.6 Å². The average Bonchev–Trinajstić information content (AvgIpc) is 0.831. The van der Waals surface area contributed by atoms with E-state index >= 15 is 0 Å². The summed E-state index contributed by atoms with van der Waals surface area (Å²) in [5.41, 5.74) is 0.895. The molecule has 628 valence electrons. The van der Waals surface area contributed by atoms with Crippen LogP contribution in [0.25, 0.3) is 0 Å². The monoisotopic (exact) mass is 1590 g/mol. The van der Waals surface area contributed by atoms with Crippen molar-refractivity contribution in [2.45, 2.75) is 231 Å². The Labute approximate surface area is 632 Å². The lowest BCUT2D eigenvalue weighted by molar-refractivity contribution is -0.310. The molecule has 0 aromatic heterocycles. The fourth-order valence-corrected chi connectivity index (χ4v) is 11.5. The van der Waals surface area contributed by atoms with Crippen molar-refractivity contribution >= 4 is 53.2 Å². The van der Waals surface area contributed by atoms with Gasteiger partial charge >= 0.3 is 5.97 Å². The molecule has 1 aromatic rings. The largest absolute Gasteiger partial charge is 0.461 e. The second-order valence-corrected chi connectivity index (χ2v) is 26.5. The van der Waals surface area contributed by atoms with Crippen LogP contribution in [0.4, 0.5) is 0 Å². The molecule has 0 aliphatic carbocycles. The Kier molecular flexibility index (Phi) is 43.2. The van der Waals surface area contributed by atoms with E-state index in [0.717, 1.165) is 12.0 Å². The maximum atomic E-state index is 14.1. The van der Waals surface area contributed by atoms with Crippen molar-refractivity contribution in [3.05, 3.63) is 35.9 Å². The normalized spacial score (nSPS) is 28.9. The lowest BCUT2D eigenvalue weighted by Crippen LogP contribution is -2.60. The van der Waals surface area contributed by atoms with Gasteiger partial charge in [-0.05, 0) is 44.1 Å². The molecule has 1 aromatic carbocycles. The van der Waals surface area contributed by atoms with Gasteiger partial charge in [-0.15, -0.1) is 0 Å². The molecule has 0 spiro atoms.